The second-order valence-electron chi connectivity index (χ2n) is 6.22. The normalized spacial score (nSPS) is 25.3. The number of hydrogen-bond donors (Lipinski definition) is 0. The maximum absolute atomic E-state index is 12.6. The van der Waals surface area contributed by atoms with E-state index >= 15 is 0 Å². The number of morpholine rings is 1. The second kappa shape index (κ2) is 6.08. The summed E-state index contributed by atoms with van der Waals surface area (Å²) in [6.07, 6.45) is 1.19. The van der Waals surface area contributed by atoms with E-state index in [0.29, 0.717) is 13.1 Å². The van der Waals surface area contributed by atoms with Gasteiger partial charge in [-0.1, -0.05) is 0 Å². The summed E-state index contributed by atoms with van der Waals surface area (Å²) in [5.41, 5.74) is 2.92. The average molecular weight is 301 g/mol. The van der Waals surface area contributed by atoms with Gasteiger partial charge in [-0.05, 0) is 45.0 Å². The predicted molar refractivity (Wildman–Crippen MR) is 87.4 cm³/mol. The molecule has 0 aliphatic carbocycles. The van der Waals surface area contributed by atoms with Crippen LogP contribution >= 0.6 is 0 Å². The van der Waals surface area contributed by atoms with Crippen molar-refractivity contribution in [3.05, 3.63) is 29.8 Å². The van der Waals surface area contributed by atoms with Gasteiger partial charge in [0.15, 0.2) is 0 Å². The van der Waals surface area contributed by atoms with Crippen molar-refractivity contribution in [1.29, 1.82) is 0 Å². The smallest absolute Gasteiger partial charge is 0.254 e. The fourth-order valence-corrected chi connectivity index (χ4v) is 3.06. The van der Waals surface area contributed by atoms with Gasteiger partial charge in [0.05, 0.1) is 17.9 Å². The van der Waals surface area contributed by atoms with Crippen LogP contribution in [0.2, 0.25) is 0 Å². The van der Waals surface area contributed by atoms with E-state index in [0.717, 1.165) is 29.9 Å². The van der Waals surface area contributed by atoms with Crippen LogP contribution in [0.5, 0.6) is 0 Å². The van der Waals surface area contributed by atoms with Gasteiger partial charge in [-0.2, -0.15) is 5.10 Å². The number of nitrogens with zero attached hydrogens (tertiary/aromatic N) is 3. The van der Waals surface area contributed by atoms with Gasteiger partial charge in [-0.3, -0.25) is 9.80 Å². The highest BCUT2D eigenvalue weighted by Gasteiger charge is 2.26. The Hall–Kier alpha value is -1.88. The van der Waals surface area contributed by atoms with Gasteiger partial charge >= 0.3 is 0 Å². The van der Waals surface area contributed by atoms with Crippen molar-refractivity contribution >= 4 is 17.3 Å². The molecule has 2 heterocycles. The molecule has 0 radical (unpaired) electrons. The largest absolute Gasteiger partial charge is 0.372 e. The lowest BCUT2D eigenvalue weighted by atomic mass is 10.1. The number of amides is 1. The van der Waals surface area contributed by atoms with Gasteiger partial charge in [0.2, 0.25) is 0 Å². The zero-order valence-corrected chi connectivity index (χ0v) is 13.5. The van der Waals surface area contributed by atoms with Crippen LogP contribution in [0.15, 0.2) is 29.4 Å². The number of hydrogen-bond acceptors (Lipinski definition) is 4. The Morgan fingerprint density at radius 3 is 2.36 bits per heavy atom. The molecule has 1 amide bonds. The Labute approximate surface area is 131 Å². The minimum atomic E-state index is 0.0784. The van der Waals surface area contributed by atoms with Gasteiger partial charge in [-0.25, -0.2) is 0 Å². The highest BCUT2D eigenvalue weighted by molar-refractivity contribution is 5.94. The predicted octanol–water partition coefficient (Wildman–Crippen LogP) is 2.52. The summed E-state index contributed by atoms with van der Waals surface area (Å²) < 4.78 is 5.68. The summed E-state index contributed by atoms with van der Waals surface area (Å²) >= 11 is 0. The van der Waals surface area contributed by atoms with Crippen molar-refractivity contribution in [2.24, 2.45) is 5.10 Å². The van der Waals surface area contributed by atoms with Crippen LogP contribution in [-0.4, -0.2) is 48.4 Å². The molecule has 1 fully saturated rings. The summed E-state index contributed by atoms with van der Waals surface area (Å²) in [5, 5.41) is 6.47. The molecule has 2 aliphatic heterocycles. The number of carbonyl (C=O) groups excluding carboxylic acids is 1. The van der Waals surface area contributed by atoms with Gasteiger partial charge < -0.3 is 9.64 Å². The van der Waals surface area contributed by atoms with Crippen LogP contribution in [0.4, 0.5) is 5.69 Å². The fourth-order valence-electron chi connectivity index (χ4n) is 3.06. The SMILES string of the molecule is CC1=NN(c2ccc(C(=O)N3C[C@H](C)O[C@@H](C)C3)cc2)CC1. The summed E-state index contributed by atoms with van der Waals surface area (Å²) in [4.78, 5) is 14.5. The summed E-state index contributed by atoms with van der Waals surface area (Å²) in [6, 6.07) is 7.74. The van der Waals surface area contributed by atoms with Crippen LogP contribution in [-0.2, 0) is 4.74 Å². The number of anilines is 1. The Morgan fingerprint density at radius 2 is 1.82 bits per heavy atom. The van der Waals surface area contributed by atoms with Crippen LogP contribution in [0.1, 0.15) is 37.6 Å². The zero-order valence-electron chi connectivity index (χ0n) is 13.5. The van der Waals surface area contributed by atoms with E-state index in [1.807, 2.05) is 54.9 Å². The van der Waals surface area contributed by atoms with Crippen LogP contribution in [0.3, 0.4) is 0 Å². The molecule has 1 saturated heterocycles. The molecule has 0 N–H and O–H groups in total. The molecule has 0 unspecified atom stereocenters. The minimum Gasteiger partial charge on any atom is -0.372 e. The molecular weight excluding hydrogens is 278 g/mol. The molecule has 118 valence electrons. The molecule has 22 heavy (non-hydrogen) atoms. The Balaban J connectivity index is 1.71. The number of hydrazone groups is 1. The molecule has 1 aromatic carbocycles. The molecule has 0 saturated carbocycles. The first kappa shape index (κ1) is 15.0. The maximum Gasteiger partial charge on any atom is 0.254 e. The third-order valence-electron chi connectivity index (χ3n) is 4.10. The molecule has 2 aliphatic rings. The Kier molecular flexibility index (Phi) is 4.16. The van der Waals surface area contributed by atoms with Crippen molar-refractivity contribution in [2.45, 2.75) is 39.4 Å². The monoisotopic (exact) mass is 301 g/mol. The maximum atomic E-state index is 12.6. The lowest BCUT2D eigenvalue weighted by Crippen LogP contribution is -2.48. The number of ether oxygens (including phenoxy) is 1. The quantitative estimate of drug-likeness (QED) is 0.843. The van der Waals surface area contributed by atoms with Crippen molar-refractivity contribution in [2.75, 3.05) is 24.6 Å². The first-order valence-corrected chi connectivity index (χ1v) is 7.89. The van der Waals surface area contributed by atoms with Crippen LogP contribution in [0.25, 0.3) is 0 Å². The standard InChI is InChI=1S/C17H23N3O2/c1-12-8-9-20(18-12)16-6-4-15(5-7-16)17(21)19-10-13(2)22-14(3)11-19/h4-7,13-14H,8-11H2,1-3H3/t13-,14-/m0/s1. The second-order valence-corrected chi connectivity index (χ2v) is 6.22. The van der Waals surface area contributed by atoms with Crippen molar-refractivity contribution in [3.8, 4) is 0 Å². The average Bonchev–Trinajstić information content (AvgIpc) is 2.92. The highest BCUT2D eigenvalue weighted by atomic mass is 16.5. The van der Waals surface area contributed by atoms with E-state index in [1.54, 1.807) is 0 Å². The molecule has 0 spiro atoms. The zero-order chi connectivity index (χ0) is 15.7. The summed E-state index contributed by atoms with van der Waals surface area (Å²) in [6.45, 7) is 8.27. The highest BCUT2D eigenvalue weighted by Crippen LogP contribution is 2.21. The van der Waals surface area contributed by atoms with Crippen molar-refractivity contribution in [1.82, 2.24) is 4.90 Å². The summed E-state index contributed by atoms with van der Waals surface area (Å²) in [5.74, 6) is 0.0784. The van der Waals surface area contributed by atoms with E-state index in [2.05, 4.69) is 5.10 Å². The van der Waals surface area contributed by atoms with Crippen LogP contribution < -0.4 is 5.01 Å². The van der Waals surface area contributed by atoms with E-state index < -0.39 is 0 Å². The van der Waals surface area contributed by atoms with E-state index in [1.165, 1.54) is 0 Å². The first-order chi connectivity index (χ1) is 10.5. The Bertz CT molecular complexity index is 572. The molecule has 5 heteroatoms. The number of carbonyl (C=O) groups is 1. The first-order valence-electron chi connectivity index (χ1n) is 7.89. The van der Waals surface area contributed by atoms with E-state index in [9.17, 15) is 4.79 Å². The molecular formula is C17H23N3O2. The van der Waals surface area contributed by atoms with Gasteiger partial charge in [0, 0.05) is 37.3 Å². The van der Waals surface area contributed by atoms with Crippen molar-refractivity contribution < 1.29 is 9.53 Å². The molecule has 3 rings (SSSR count). The molecule has 0 aromatic heterocycles. The van der Waals surface area contributed by atoms with Crippen LogP contribution in [0, 0.1) is 0 Å². The van der Waals surface area contributed by atoms with Gasteiger partial charge in [0.1, 0.15) is 0 Å². The third kappa shape index (κ3) is 3.14. The molecule has 2 atom stereocenters. The third-order valence-corrected chi connectivity index (χ3v) is 4.10. The minimum absolute atomic E-state index is 0.0784. The van der Waals surface area contributed by atoms with Gasteiger partial charge in [0.25, 0.3) is 5.91 Å². The number of rotatable bonds is 2. The fraction of sp³-hybridized carbons (Fsp3) is 0.529. The van der Waals surface area contributed by atoms with E-state index in [-0.39, 0.29) is 18.1 Å². The topological polar surface area (TPSA) is 45.1 Å². The number of benzene rings is 1. The lowest BCUT2D eigenvalue weighted by Gasteiger charge is -2.35. The lowest BCUT2D eigenvalue weighted by molar-refractivity contribution is -0.0586. The van der Waals surface area contributed by atoms with E-state index in [4.69, 9.17) is 4.74 Å². The molecule has 5 nitrogen and oxygen atoms in total. The summed E-state index contributed by atoms with van der Waals surface area (Å²) in [7, 11) is 0. The molecule has 0 bridgehead atoms. The Morgan fingerprint density at radius 1 is 1.18 bits per heavy atom. The molecule has 1 aromatic rings. The van der Waals surface area contributed by atoms with Crippen molar-refractivity contribution in [3.63, 3.8) is 0 Å². The van der Waals surface area contributed by atoms with Gasteiger partial charge in [-0.15, -0.1) is 0 Å².